The number of rotatable bonds is 8. The van der Waals surface area contributed by atoms with Crippen LogP contribution in [0.4, 0.5) is 4.39 Å². The van der Waals surface area contributed by atoms with Gasteiger partial charge in [-0.3, -0.25) is 9.80 Å². The van der Waals surface area contributed by atoms with Crippen LogP contribution in [0.1, 0.15) is 25.8 Å². The zero-order chi connectivity index (χ0) is 17.4. The van der Waals surface area contributed by atoms with Gasteiger partial charge in [0.1, 0.15) is 5.82 Å². The molecule has 1 aromatic carbocycles. The van der Waals surface area contributed by atoms with Crippen LogP contribution in [0.25, 0.3) is 0 Å². The van der Waals surface area contributed by atoms with E-state index in [1.807, 2.05) is 12.1 Å². The first kappa shape index (κ1) is 19.3. The SMILES string of the molecule is CC(C)[C@@H]1CN(CCOCCO)CCCN1Cc1ccc(F)cc1. The second-order valence-electron chi connectivity index (χ2n) is 6.90. The molecular weight excluding hydrogens is 307 g/mol. The molecule has 0 unspecified atom stereocenters. The molecule has 0 saturated carbocycles. The van der Waals surface area contributed by atoms with E-state index in [2.05, 4.69) is 23.6 Å². The number of ether oxygens (including phenoxy) is 1. The molecule has 0 aliphatic carbocycles. The van der Waals surface area contributed by atoms with E-state index in [-0.39, 0.29) is 12.4 Å². The predicted molar refractivity (Wildman–Crippen MR) is 94.4 cm³/mol. The summed E-state index contributed by atoms with van der Waals surface area (Å²) in [6, 6.07) is 7.34. The zero-order valence-corrected chi connectivity index (χ0v) is 15.0. The molecule has 1 atom stereocenters. The molecule has 1 aliphatic heterocycles. The second kappa shape index (κ2) is 10.1. The third-order valence-electron chi connectivity index (χ3n) is 4.69. The Morgan fingerprint density at radius 1 is 1.21 bits per heavy atom. The molecule has 1 N–H and O–H groups in total. The Morgan fingerprint density at radius 2 is 1.96 bits per heavy atom. The highest BCUT2D eigenvalue weighted by Gasteiger charge is 2.27. The molecule has 1 saturated heterocycles. The van der Waals surface area contributed by atoms with E-state index in [4.69, 9.17) is 9.84 Å². The Hall–Kier alpha value is -1.01. The summed E-state index contributed by atoms with van der Waals surface area (Å²) in [4.78, 5) is 5.00. The van der Waals surface area contributed by atoms with Crippen LogP contribution in [-0.4, -0.2) is 66.9 Å². The summed E-state index contributed by atoms with van der Waals surface area (Å²) in [6.45, 7) is 10.7. The van der Waals surface area contributed by atoms with Gasteiger partial charge in [-0.05, 0) is 36.6 Å². The van der Waals surface area contributed by atoms with Crippen LogP contribution >= 0.6 is 0 Å². The van der Waals surface area contributed by atoms with Crippen molar-refractivity contribution in [2.75, 3.05) is 46.0 Å². The van der Waals surface area contributed by atoms with Crippen molar-refractivity contribution in [3.05, 3.63) is 35.6 Å². The number of hydrogen-bond acceptors (Lipinski definition) is 4. The van der Waals surface area contributed by atoms with Gasteiger partial charge in [-0.25, -0.2) is 4.39 Å². The number of hydrogen-bond donors (Lipinski definition) is 1. The van der Waals surface area contributed by atoms with E-state index < -0.39 is 0 Å². The maximum Gasteiger partial charge on any atom is 0.123 e. The van der Waals surface area contributed by atoms with E-state index >= 15 is 0 Å². The quantitative estimate of drug-likeness (QED) is 0.738. The molecule has 4 nitrogen and oxygen atoms in total. The zero-order valence-electron chi connectivity index (χ0n) is 15.0. The molecule has 0 radical (unpaired) electrons. The first-order chi connectivity index (χ1) is 11.6. The molecule has 0 bridgehead atoms. The topological polar surface area (TPSA) is 35.9 Å². The van der Waals surface area contributed by atoms with Crippen LogP contribution in [0.3, 0.4) is 0 Å². The van der Waals surface area contributed by atoms with Crippen molar-refractivity contribution in [2.45, 2.75) is 32.9 Å². The Morgan fingerprint density at radius 3 is 2.62 bits per heavy atom. The number of nitrogens with zero attached hydrogens (tertiary/aromatic N) is 2. The molecule has 0 aromatic heterocycles. The van der Waals surface area contributed by atoms with Gasteiger partial charge < -0.3 is 9.84 Å². The highest BCUT2D eigenvalue weighted by Crippen LogP contribution is 2.20. The fraction of sp³-hybridized carbons (Fsp3) is 0.684. The summed E-state index contributed by atoms with van der Waals surface area (Å²) in [5.41, 5.74) is 1.17. The van der Waals surface area contributed by atoms with Gasteiger partial charge >= 0.3 is 0 Å². The molecule has 2 rings (SSSR count). The molecule has 1 aliphatic rings. The van der Waals surface area contributed by atoms with E-state index in [9.17, 15) is 4.39 Å². The van der Waals surface area contributed by atoms with Crippen LogP contribution in [-0.2, 0) is 11.3 Å². The maximum atomic E-state index is 13.1. The lowest BCUT2D eigenvalue weighted by Gasteiger charge is -2.34. The van der Waals surface area contributed by atoms with Gasteiger partial charge in [0, 0.05) is 32.2 Å². The lowest BCUT2D eigenvalue weighted by atomic mass is 10.0. The van der Waals surface area contributed by atoms with Crippen LogP contribution in [0, 0.1) is 11.7 Å². The predicted octanol–water partition coefficient (Wildman–Crippen LogP) is 2.37. The standard InChI is InChI=1S/C19H31FN2O2/c1-16(2)19-15-21(10-12-24-13-11-23)8-3-9-22(19)14-17-4-6-18(20)7-5-17/h4-7,16,19,23H,3,8-15H2,1-2H3/t19-/m0/s1. The summed E-state index contributed by atoms with van der Waals surface area (Å²) < 4.78 is 18.5. The Balaban J connectivity index is 1.94. The molecule has 1 fully saturated rings. The summed E-state index contributed by atoms with van der Waals surface area (Å²) in [7, 11) is 0. The Labute approximate surface area is 145 Å². The molecule has 1 heterocycles. The smallest absolute Gasteiger partial charge is 0.123 e. The minimum atomic E-state index is -0.177. The van der Waals surface area contributed by atoms with Crippen molar-refractivity contribution in [3.63, 3.8) is 0 Å². The summed E-state index contributed by atoms with van der Waals surface area (Å²) in [5.74, 6) is 0.383. The van der Waals surface area contributed by atoms with Crippen molar-refractivity contribution in [2.24, 2.45) is 5.92 Å². The van der Waals surface area contributed by atoms with Crippen molar-refractivity contribution in [1.29, 1.82) is 0 Å². The largest absolute Gasteiger partial charge is 0.394 e. The minimum absolute atomic E-state index is 0.0834. The van der Waals surface area contributed by atoms with E-state index in [0.717, 1.165) is 39.1 Å². The first-order valence-corrected chi connectivity index (χ1v) is 8.99. The average molecular weight is 338 g/mol. The second-order valence-corrected chi connectivity index (χ2v) is 6.90. The van der Waals surface area contributed by atoms with Gasteiger partial charge in [0.05, 0.1) is 19.8 Å². The van der Waals surface area contributed by atoms with Gasteiger partial charge in [0.15, 0.2) is 0 Å². The molecular formula is C19H31FN2O2. The summed E-state index contributed by atoms with van der Waals surface area (Å²) in [6.07, 6.45) is 1.13. The number of halogens is 1. The molecule has 0 amide bonds. The van der Waals surface area contributed by atoms with Crippen molar-refractivity contribution in [1.82, 2.24) is 9.80 Å². The normalized spacial score (nSPS) is 20.5. The summed E-state index contributed by atoms with van der Waals surface area (Å²) in [5, 5.41) is 8.79. The van der Waals surface area contributed by atoms with Gasteiger partial charge in [-0.15, -0.1) is 0 Å². The third-order valence-corrected chi connectivity index (χ3v) is 4.69. The van der Waals surface area contributed by atoms with Crippen LogP contribution in [0.15, 0.2) is 24.3 Å². The fourth-order valence-electron chi connectivity index (χ4n) is 3.35. The fourth-order valence-corrected chi connectivity index (χ4v) is 3.35. The highest BCUT2D eigenvalue weighted by molar-refractivity contribution is 5.16. The van der Waals surface area contributed by atoms with E-state index in [1.165, 1.54) is 5.56 Å². The van der Waals surface area contributed by atoms with Gasteiger partial charge in [-0.1, -0.05) is 26.0 Å². The molecule has 136 valence electrons. The maximum absolute atomic E-state index is 13.1. The van der Waals surface area contributed by atoms with Crippen LogP contribution < -0.4 is 0 Å². The molecule has 5 heteroatoms. The van der Waals surface area contributed by atoms with Gasteiger partial charge in [0.25, 0.3) is 0 Å². The van der Waals surface area contributed by atoms with E-state index in [0.29, 0.717) is 25.2 Å². The molecule has 0 spiro atoms. The van der Waals surface area contributed by atoms with Crippen molar-refractivity contribution < 1.29 is 14.2 Å². The molecule has 24 heavy (non-hydrogen) atoms. The average Bonchev–Trinajstić information content (AvgIpc) is 2.76. The van der Waals surface area contributed by atoms with Crippen molar-refractivity contribution in [3.8, 4) is 0 Å². The number of aliphatic hydroxyl groups is 1. The number of benzene rings is 1. The monoisotopic (exact) mass is 338 g/mol. The highest BCUT2D eigenvalue weighted by atomic mass is 19.1. The Kier molecular flexibility index (Phi) is 8.12. The van der Waals surface area contributed by atoms with Crippen LogP contribution in [0.5, 0.6) is 0 Å². The summed E-state index contributed by atoms with van der Waals surface area (Å²) >= 11 is 0. The Bertz CT molecular complexity index is 467. The van der Waals surface area contributed by atoms with Gasteiger partial charge in [-0.2, -0.15) is 0 Å². The minimum Gasteiger partial charge on any atom is -0.394 e. The third kappa shape index (κ3) is 6.13. The lowest BCUT2D eigenvalue weighted by Crippen LogP contribution is -2.44. The van der Waals surface area contributed by atoms with Crippen molar-refractivity contribution >= 4 is 0 Å². The van der Waals surface area contributed by atoms with Crippen LogP contribution in [0.2, 0.25) is 0 Å². The first-order valence-electron chi connectivity index (χ1n) is 8.99. The molecule has 1 aromatic rings. The van der Waals surface area contributed by atoms with E-state index in [1.54, 1.807) is 12.1 Å². The lowest BCUT2D eigenvalue weighted by molar-refractivity contribution is 0.0667. The number of aliphatic hydroxyl groups excluding tert-OH is 1. The van der Waals surface area contributed by atoms with Gasteiger partial charge in [0.2, 0.25) is 0 Å².